The first-order valence-electron chi connectivity index (χ1n) is 7.15. The normalized spacial score (nSPS) is 11.8. The molecular formula is C15H26N2O2S. The van der Waals surface area contributed by atoms with Gasteiger partial charge in [0.2, 0.25) is 0 Å². The molecule has 0 bridgehead atoms. The van der Waals surface area contributed by atoms with Crippen LogP contribution in [0.1, 0.15) is 32.8 Å². The maximum Gasteiger partial charge on any atom is 0.152 e. The van der Waals surface area contributed by atoms with E-state index in [0.29, 0.717) is 19.5 Å². The molecule has 0 aromatic heterocycles. The van der Waals surface area contributed by atoms with Crippen molar-refractivity contribution in [1.29, 1.82) is 0 Å². The summed E-state index contributed by atoms with van der Waals surface area (Å²) in [5.41, 5.74) is 7.72. The zero-order valence-corrected chi connectivity index (χ0v) is 13.5. The number of sulfone groups is 1. The minimum atomic E-state index is -2.94. The van der Waals surface area contributed by atoms with Crippen molar-refractivity contribution in [2.24, 2.45) is 5.73 Å². The molecule has 0 unspecified atom stereocenters. The van der Waals surface area contributed by atoms with Gasteiger partial charge in [-0.2, -0.15) is 0 Å². The van der Waals surface area contributed by atoms with Gasteiger partial charge < -0.3 is 10.6 Å². The highest BCUT2D eigenvalue weighted by atomic mass is 32.2. The van der Waals surface area contributed by atoms with Crippen LogP contribution >= 0.6 is 0 Å². The number of anilines is 1. The minimum Gasteiger partial charge on any atom is -0.368 e. The van der Waals surface area contributed by atoms with E-state index in [2.05, 4.69) is 18.7 Å². The molecule has 0 spiro atoms. The summed E-state index contributed by atoms with van der Waals surface area (Å²) in [6.45, 7) is 7.09. The number of rotatable bonds is 8. The van der Waals surface area contributed by atoms with E-state index in [1.54, 1.807) is 0 Å². The van der Waals surface area contributed by atoms with Gasteiger partial charge in [-0.25, -0.2) is 8.42 Å². The Labute approximate surface area is 122 Å². The Morgan fingerprint density at radius 1 is 1.15 bits per heavy atom. The molecule has 0 aliphatic heterocycles. The van der Waals surface area contributed by atoms with Crippen LogP contribution in [0.25, 0.3) is 0 Å². The molecule has 5 heteroatoms. The van der Waals surface area contributed by atoms with Gasteiger partial charge in [-0.3, -0.25) is 0 Å². The lowest BCUT2D eigenvalue weighted by Crippen LogP contribution is -2.35. The van der Waals surface area contributed by atoms with Crippen LogP contribution in [0.2, 0.25) is 0 Å². The predicted octanol–water partition coefficient (Wildman–Crippen LogP) is 2.18. The molecule has 0 fully saturated rings. The van der Waals surface area contributed by atoms with Gasteiger partial charge in [0.1, 0.15) is 0 Å². The Kier molecular flexibility index (Phi) is 6.49. The van der Waals surface area contributed by atoms with E-state index in [1.807, 2.05) is 31.2 Å². The summed E-state index contributed by atoms with van der Waals surface area (Å²) in [5.74, 6) is 0.475. The highest BCUT2D eigenvalue weighted by Crippen LogP contribution is 2.18. The number of nitrogens with zero attached hydrogens (tertiary/aromatic N) is 1. The summed E-state index contributed by atoms with van der Waals surface area (Å²) >= 11 is 0. The van der Waals surface area contributed by atoms with Crippen LogP contribution in [0.4, 0.5) is 5.69 Å². The summed E-state index contributed by atoms with van der Waals surface area (Å²) in [6.07, 6.45) is 0.676. The van der Waals surface area contributed by atoms with Crippen molar-refractivity contribution in [3.8, 4) is 0 Å². The van der Waals surface area contributed by atoms with Crippen LogP contribution in [0.3, 0.4) is 0 Å². The van der Waals surface area contributed by atoms with E-state index in [1.165, 1.54) is 0 Å². The van der Waals surface area contributed by atoms with E-state index < -0.39 is 9.84 Å². The molecule has 0 saturated carbocycles. The Hall–Kier alpha value is -1.07. The fraction of sp³-hybridized carbons (Fsp3) is 0.600. The van der Waals surface area contributed by atoms with Crippen LogP contribution in [-0.4, -0.2) is 32.5 Å². The van der Waals surface area contributed by atoms with Crippen LogP contribution < -0.4 is 10.6 Å². The zero-order valence-electron chi connectivity index (χ0n) is 12.7. The van der Waals surface area contributed by atoms with Crippen LogP contribution in [0, 0.1) is 0 Å². The van der Waals surface area contributed by atoms with Gasteiger partial charge in [0.25, 0.3) is 0 Å². The van der Waals surface area contributed by atoms with E-state index in [9.17, 15) is 8.42 Å². The number of hydrogen-bond donors (Lipinski definition) is 1. The molecule has 0 heterocycles. The maximum absolute atomic E-state index is 11.8. The average Bonchev–Trinajstić information content (AvgIpc) is 2.39. The van der Waals surface area contributed by atoms with E-state index in [4.69, 9.17) is 5.73 Å². The Morgan fingerprint density at radius 3 is 2.20 bits per heavy atom. The lowest BCUT2D eigenvalue weighted by molar-refractivity contribution is 0.591. The number of nitrogens with two attached hydrogens (primary N) is 1. The van der Waals surface area contributed by atoms with Crippen molar-refractivity contribution in [1.82, 2.24) is 0 Å². The molecule has 114 valence electrons. The van der Waals surface area contributed by atoms with Gasteiger partial charge in [0.15, 0.2) is 9.84 Å². The number of benzene rings is 1. The van der Waals surface area contributed by atoms with E-state index >= 15 is 0 Å². The Bertz CT molecular complexity index is 495. The van der Waals surface area contributed by atoms with Gasteiger partial charge in [-0.15, -0.1) is 0 Å². The molecule has 4 nitrogen and oxygen atoms in total. The smallest absolute Gasteiger partial charge is 0.152 e. The van der Waals surface area contributed by atoms with Crippen molar-refractivity contribution in [2.75, 3.05) is 23.0 Å². The third-order valence-electron chi connectivity index (χ3n) is 3.29. The Morgan fingerprint density at radius 2 is 1.75 bits per heavy atom. The van der Waals surface area contributed by atoms with E-state index in [-0.39, 0.29) is 17.5 Å². The average molecular weight is 298 g/mol. The third-order valence-corrected chi connectivity index (χ3v) is 5.12. The number of hydrogen-bond acceptors (Lipinski definition) is 4. The zero-order chi connectivity index (χ0) is 15.2. The first-order valence-corrected chi connectivity index (χ1v) is 8.98. The van der Waals surface area contributed by atoms with Crippen LogP contribution in [0.15, 0.2) is 24.3 Å². The molecule has 2 N–H and O–H groups in total. The molecule has 20 heavy (non-hydrogen) atoms. The Balaban J connectivity index is 2.78. The SMILES string of the molecule is CCCS(=O)(=O)CCN(c1ccc(CN)cc1)C(C)C. The van der Waals surface area contributed by atoms with Gasteiger partial charge in [0.05, 0.1) is 5.75 Å². The van der Waals surface area contributed by atoms with E-state index in [0.717, 1.165) is 11.3 Å². The summed E-state index contributed by atoms with van der Waals surface area (Å²) < 4.78 is 23.7. The molecule has 1 aromatic carbocycles. The highest BCUT2D eigenvalue weighted by Gasteiger charge is 2.15. The topological polar surface area (TPSA) is 63.4 Å². The monoisotopic (exact) mass is 298 g/mol. The van der Waals surface area contributed by atoms with Crippen molar-refractivity contribution >= 4 is 15.5 Å². The van der Waals surface area contributed by atoms with Gasteiger partial charge in [-0.05, 0) is 38.0 Å². The molecule has 0 aliphatic rings. The van der Waals surface area contributed by atoms with Crippen LogP contribution in [0.5, 0.6) is 0 Å². The molecule has 0 aliphatic carbocycles. The molecular weight excluding hydrogens is 272 g/mol. The van der Waals surface area contributed by atoms with Crippen molar-refractivity contribution in [3.05, 3.63) is 29.8 Å². The standard InChI is InChI=1S/C15H26N2O2S/c1-4-10-20(18,19)11-9-17(13(2)3)15-7-5-14(12-16)6-8-15/h5-8,13H,4,9-12,16H2,1-3H3. The van der Waals surface area contributed by atoms with Gasteiger partial charge in [-0.1, -0.05) is 19.1 Å². The molecule has 0 atom stereocenters. The van der Waals surface area contributed by atoms with Crippen LogP contribution in [-0.2, 0) is 16.4 Å². The lowest BCUT2D eigenvalue weighted by Gasteiger charge is -2.29. The van der Waals surface area contributed by atoms with Crippen molar-refractivity contribution < 1.29 is 8.42 Å². The van der Waals surface area contributed by atoms with Crippen molar-refractivity contribution in [2.45, 2.75) is 39.8 Å². The largest absolute Gasteiger partial charge is 0.368 e. The summed E-state index contributed by atoms with van der Waals surface area (Å²) in [6, 6.07) is 8.26. The summed E-state index contributed by atoms with van der Waals surface area (Å²) in [4.78, 5) is 2.12. The predicted molar refractivity (Wildman–Crippen MR) is 85.8 cm³/mol. The molecule has 1 rings (SSSR count). The second-order valence-corrected chi connectivity index (χ2v) is 7.61. The summed E-state index contributed by atoms with van der Waals surface area (Å²) in [5, 5.41) is 0. The first kappa shape index (κ1) is 17.0. The minimum absolute atomic E-state index is 0.206. The second-order valence-electron chi connectivity index (χ2n) is 5.31. The summed E-state index contributed by atoms with van der Waals surface area (Å²) in [7, 11) is -2.94. The van der Waals surface area contributed by atoms with Gasteiger partial charge >= 0.3 is 0 Å². The van der Waals surface area contributed by atoms with Gasteiger partial charge in [0, 0.05) is 30.6 Å². The molecule has 0 amide bonds. The molecule has 0 saturated heterocycles. The van der Waals surface area contributed by atoms with Crippen molar-refractivity contribution in [3.63, 3.8) is 0 Å². The fourth-order valence-corrected chi connectivity index (χ4v) is 3.46. The molecule has 0 radical (unpaired) electrons. The first-order chi connectivity index (χ1) is 9.39. The fourth-order valence-electron chi connectivity index (χ4n) is 2.16. The quantitative estimate of drug-likeness (QED) is 0.799. The molecule has 1 aromatic rings. The lowest BCUT2D eigenvalue weighted by atomic mass is 10.1. The highest BCUT2D eigenvalue weighted by molar-refractivity contribution is 7.91. The second kappa shape index (κ2) is 7.64. The third kappa shape index (κ3) is 5.13. The maximum atomic E-state index is 11.8.